The van der Waals surface area contributed by atoms with E-state index in [1.54, 1.807) is 0 Å². The molecule has 4 rings (SSSR count). The van der Waals surface area contributed by atoms with Gasteiger partial charge in [-0.1, -0.05) is 44.2 Å². The fourth-order valence-corrected chi connectivity index (χ4v) is 3.95. The molecule has 0 unspecified atom stereocenters. The highest BCUT2D eigenvalue weighted by Gasteiger charge is 2.25. The van der Waals surface area contributed by atoms with E-state index in [1.165, 1.54) is 6.07 Å². The van der Waals surface area contributed by atoms with E-state index in [1.807, 2.05) is 71.6 Å². The molecule has 0 saturated heterocycles. The van der Waals surface area contributed by atoms with Gasteiger partial charge < -0.3 is 5.32 Å². The van der Waals surface area contributed by atoms with Gasteiger partial charge in [0.1, 0.15) is 6.04 Å². The molecule has 1 amide bonds. The minimum absolute atomic E-state index is 0.0887. The van der Waals surface area contributed by atoms with Crippen molar-refractivity contribution in [3.8, 4) is 0 Å². The van der Waals surface area contributed by atoms with Crippen molar-refractivity contribution < 1.29 is 4.79 Å². The number of amides is 1. The van der Waals surface area contributed by atoms with Crippen molar-refractivity contribution in [2.24, 2.45) is 0 Å². The van der Waals surface area contributed by atoms with Gasteiger partial charge in [-0.15, -0.1) is 0 Å². The fourth-order valence-electron chi connectivity index (χ4n) is 3.95. The number of nitrogens with zero attached hydrogens (tertiary/aromatic N) is 3. The number of aromatic nitrogens is 3. The summed E-state index contributed by atoms with van der Waals surface area (Å²) in [5.74, 6) is -0.0887. The summed E-state index contributed by atoms with van der Waals surface area (Å²) in [5.41, 5.74) is 3.85. The molecule has 1 atom stereocenters. The van der Waals surface area contributed by atoms with Gasteiger partial charge in [-0.2, -0.15) is 4.98 Å². The SMILES string of the molecule is CCc1ccccc1NC(=O)[C@@H](CC)n1c2ccccc2c2nc(=O)cc(C)n21. The van der Waals surface area contributed by atoms with E-state index in [-0.39, 0.29) is 11.5 Å². The Morgan fingerprint density at radius 2 is 1.83 bits per heavy atom. The number of hydrogen-bond acceptors (Lipinski definition) is 3. The summed E-state index contributed by atoms with van der Waals surface area (Å²) in [7, 11) is 0. The first-order chi connectivity index (χ1) is 14.0. The van der Waals surface area contributed by atoms with E-state index < -0.39 is 6.04 Å². The quantitative estimate of drug-likeness (QED) is 0.559. The number of carbonyl (C=O) groups excluding carboxylic acids is 1. The lowest BCUT2D eigenvalue weighted by molar-refractivity contribution is -0.119. The van der Waals surface area contributed by atoms with Crippen molar-refractivity contribution in [2.75, 3.05) is 5.32 Å². The van der Waals surface area contributed by atoms with E-state index in [4.69, 9.17) is 0 Å². The first-order valence-electron chi connectivity index (χ1n) is 9.93. The first-order valence-corrected chi connectivity index (χ1v) is 9.93. The minimum Gasteiger partial charge on any atom is -0.324 e. The van der Waals surface area contributed by atoms with Gasteiger partial charge in [-0.3, -0.25) is 14.3 Å². The number of benzene rings is 2. The molecule has 0 fully saturated rings. The molecule has 0 aliphatic rings. The van der Waals surface area contributed by atoms with Gasteiger partial charge in [-0.25, -0.2) is 4.52 Å². The maximum atomic E-state index is 13.3. The Kier molecular flexibility index (Phi) is 4.92. The van der Waals surface area contributed by atoms with Crippen LogP contribution in [0.5, 0.6) is 0 Å². The van der Waals surface area contributed by atoms with Gasteiger partial charge in [0.2, 0.25) is 5.91 Å². The number of nitrogens with one attached hydrogen (secondary N) is 1. The van der Waals surface area contributed by atoms with Gasteiger partial charge in [0.05, 0.1) is 5.52 Å². The Morgan fingerprint density at radius 1 is 1.10 bits per heavy atom. The Hall–Kier alpha value is -3.41. The van der Waals surface area contributed by atoms with Gasteiger partial charge in [0.15, 0.2) is 5.65 Å². The Bertz CT molecular complexity index is 1270. The molecule has 4 aromatic rings. The van der Waals surface area contributed by atoms with Crippen molar-refractivity contribution in [2.45, 2.75) is 39.7 Å². The number of hydrogen-bond donors (Lipinski definition) is 1. The zero-order chi connectivity index (χ0) is 20.5. The van der Waals surface area contributed by atoms with Crippen LogP contribution in [0.15, 0.2) is 59.4 Å². The van der Waals surface area contributed by atoms with E-state index >= 15 is 0 Å². The fraction of sp³-hybridized carbons (Fsp3) is 0.261. The standard InChI is InChI=1S/C23H24N4O2/c1-4-16-10-6-8-12-18(16)24-23(29)19(5-2)27-20-13-9-7-11-17(20)22-25-21(28)14-15(3)26(22)27/h6-14,19H,4-5H2,1-3H3,(H,24,29)/t19-/m1/s1. The zero-order valence-corrected chi connectivity index (χ0v) is 16.8. The largest absolute Gasteiger partial charge is 0.324 e. The van der Waals surface area contributed by atoms with Crippen LogP contribution in [-0.2, 0) is 11.2 Å². The highest BCUT2D eigenvalue weighted by Crippen LogP contribution is 2.27. The van der Waals surface area contributed by atoms with Crippen molar-refractivity contribution in [1.29, 1.82) is 0 Å². The molecule has 0 saturated carbocycles. The van der Waals surface area contributed by atoms with Crippen LogP contribution in [-0.4, -0.2) is 20.1 Å². The van der Waals surface area contributed by atoms with Crippen molar-refractivity contribution in [1.82, 2.24) is 14.2 Å². The molecule has 148 valence electrons. The van der Waals surface area contributed by atoms with Crippen molar-refractivity contribution in [3.05, 3.63) is 76.2 Å². The third-order valence-electron chi connectivity index (χ3n) is 5.33. The summed E-state index contributed by atoms with van der Waals surface area (Å²) < 4.78 is 3.84. The molecule has 2 aromatic carbocycles. The van der Waals surface area contributed by atoms with Crippen LogP contribution in [0, 0.1) is 6.92 Å². The van der Waals surface area contributed by atoms with Gasteiger partial charge in [-0.05, 0) is 43.5 Å². The van der Waals surface area contributed by atoms with Gasteiger partial charge >= 0.3 is 0 Å². The average Bonchev–Trinajstić information content (AvgIpc) is 3.04. The Morgan fingerprint density at radius 3 is 2.59 bits per heavy atom. The Labute approximate surface area is 168 Å². The van der Waals surface area contributed by atoms with Crippen LogP contribution in [0.3, 0.4) is 0 Å². The normalized spacial score (nSPS) is 12.4. The zero-order valence-electron chi connectivity index (χ0n) is 16.8. The topological polar surface area (TPSA) is 68.4 Å². The van der Waals surface area contributed by atoms with Crippen LogP contribution < -0.4 is 10.9 Å². The van der Waals surface area contributed by atoms with E-state index in [9.17, 15) is 9.59 Å². The maximum Gasteiger partial charge on any atom is 0.273 e. The molecule has 0 bridgehead atoms. The monoisotopic (exact) mass is 388 g/mol. The summed E-state index contributed by atoms with van der Waals surface area (Å²) in [4.78, 5) is 29.6. The van der Waals surface area contributed by atoms with Crippen LogP contribution >= 0.6 is 0 Å². The maximum absolute atomic E-state index is 13.3. The van der Waals surface area contributed by atoms with Crippen LogP contribution in [0.4, 0.5) is 5.69 Å². The molecule has 1 N–H and O–H groups in total. The minimum atomic E-state index is -0.453. The predicted octanol–water partition coefficient (Wildman–Crippen LogP) is 4.11. The second-order valence-electron chi connectivity index (χ2n) is 7.16. The lowest BCUT2D eigenvalue weighted by atomic mass is 10.1. The van der Waals surface area contributed by atoms with Crippen molar-refractivity contribution in [3.63, 3.8) is 0 Å². The van der Waals surface area contributed by atoms with E-state index in [2.05, 4.69) is 17.2 Å². The lowest BCUT2D eigenvalue weighted by Gasteiger charge is -2.21. The summed E-state index contributed by atoms with van der Waals surface area (Å²) >= 11 is 0. The lowest BCUT2D eigenvalue weighted by Crippen LogP contribution is -2.29. The van der Waals surface area contributed by atoms with Crippen molar-refractivity contribution >= 4 is 28.1 Å². The average molecular weight is 388 g/mol. The highest BCUT2D eigenvalue weighted by atomic mass is 16.2. The van der Waals surface area contributed by atoms with Gasteiger partial charge in [0.25, 0.3) is 5.56 Å². The molecule has 0 radical (unpaired) electrons. The number of aryl methyl sites for hydroxylation is 2. The Balaban J connectivity index is 1.89. The molecule has 6 heteroatoms. The number of carbonyl (C=O) groups is 1. The van der Waals surface area contributed by atoms with Crippen LogP contribution in [0.1, 0.15) is 37.6 Å². The summed E-state index contributed by atoms with van der Waals surface area (Å²) in [5, 5.41) is 3.96. The van der Waals surface area contributed by atoms with E-state index in [0.717, 1.165) is 34.3 Å². The molecule has 0 aliphatic carbocycles. The summed E-state index contributed by atoms with van der Waals surface area (Å²) in [6.45, 7) is 5.92. The smallest absolute Gasteiger partial charge is 0.273 e. The summed E-state index contributed by atoms with van der Waals surface area (Å²) in [6.07, 6.45) is 1.44. The molecule has 0 aliphatic heterocycles. The molecule has 0 spiro atoms. The highest BCUT2D eigenvalue weighted by molar-refractivity contribution is 5.98. The molecule has 2 aromatic heterocycles. The molecular formula is C23H24N4O2. The van der Waals surface area contributed by atoms with E-state index in [0.29, 0.717) is 12.1 Å². The third kappa shape index (κ3) is 3.20. The third-order valence-corrected chi connectivity index (χ3v) is 5.33. The van der Waals surface area contributed by atoms with Gasteiger partial charge in [0, 0.05) is 22.8 Å². The second-order valence-corrected chi connectivity index (χ2v) is 7.16. The molecule has 29 heavy (non-hydrogen) atoms. The second kappa shape index (κ2) is 7.54. The first kappa shape index (κ1) is 18.9. The molecule has 2 heterocycles. The molecule has 6 nitrogen and oxygen atoms in total. The van der Waals surface area contributed by atoms with Crippen LogP contribution in [0.25, 0.3) is 16.6 Å². The number of para-hydroxylation sites is 2. The number of rotatable bonds is 5. The predicted molar refractivity (Wildman–Crippen MR) is 115 cm³/mol. The number of anilines is 1. The summed E-state index contributed by atoms with van der Waals surface area (Å²) in [6, 6.07) is 16.6. The number of fused-ring (bicyclic) bond motifs is 3. The molecular weight excluding hydrogens is 364 g/mol. The van der Waals surface area contributed by atoms with Crippen LogP contribution in [0.2, 0.25) is 0 Å².